The second kappa shape index (κ2) is 14.2. The molecule has 7 nitrogen and oxygen atoms in total. The Balaban J connectivity index is 0.00000361. The topological polar surface area (TPSA) is 89.8 Å². The molecule has 1 aromatic heterocycles. The van der Waals surface area contributed by atoms with Gasteiger partial charge in [-0.05, 0) is 42.7 Å². The van der Waals surface area contributed by atoms with E-state index in [0.29, 0.717) is 15.8 Å². The molecule has 0 unspecified atom stereocenters. The number of carbonyl (C=O) groups excluding carboxylic acids is 1. The first-order chi connectivity index (χ1) is 17.0. The lowest BCUT2D eigenvalue weighted by Crippen LogP contribution is -2.44. The molecule has 0 atom stereocenters. The molecule has 0 radical (unpaired) electrons. The molecule has 3 aromatic rings. The van der Waals surface area contributed by atoms with Crippen LogP contribution >= 0.6 is 58.7 Å². The molecule has 2 aromatic carbocycles. The van der Waals surface area contributed by atoms with E-state index in [9.17, 15) is 4.79 Å². The Morgan fingerprint density at radius 3 is 2.64 bits per heavy atom. The van der Waals surface area contributed by atoms with Crippen LogP contribution in [0.25, 0.3) is 11.3 Å². The number of nitrogens with one attached hydrogen (secondary N) is 2. The normalized spacial score (nSPS) is 14.5. The summed E-state index contributed by atoms with van der Waals surface area (Å²) >= 11 is 15.1. The molecule has 2 heterocycles. The maximum absolute atomic E-state index is 12.5. The van der Waals surface area contributed by atoms with Crippen LogP contribution in [0.4, 0.5) is 5.69 Å². The fraction of sp³-hybridized carbons (Fsp3) is 0.292. The minimum absolute atomic E-state index is 0. The van der Waals surface area contributed by atoms with Crippen LogP contribution in [0.5, 0.6) is 0 Å². The average Bonchev–Trinajstić information content (AvgIpc) is 3.34. The summed E-state index contributed by atoms with van der Waals surface area (Å²) in [4.78, 5) is 23.5. The fourth-order valence-corrected chi connectivity index (χ4v) is 5.77. The van der Waals surface area contributed by atoms with Crippen LogP contribution in [0.1, 0.15) is 18.4 Å². The smallest absolute Gasteiger partial charge is 0.230 e. The Morgan fingerprint density at radius 2 is 1.94 bits per heavy atom. The SMILES string of the molecule is Cl.O=C(CSc1nc(-c2ccc(N=CNO)cc2)cs1)NC1CCN(Cc2ccc(Cl)c(Cl)c2)CC1. The van der Waals surface area contributed by atoms with Crippen molar-refractivity contribution in [3.8, 4) is 11.3 Å². The first-order valence-corrected chi connectivity index (χ1v) is 13.7. The highest BCUT2D eigenvalue weighted by Crippen LogP contribution is 2.29. The summed E-state index contributed by atoms with van der Waals surface area (Å²) in [6, 6.07) is 13.5. The van der Waals surface area contributed by atoms with Crippen LogP contribution in [0.3, 0.4) is 0 Å². The van der Waals surface area contributed by atoms with Crippen molar-refractivity contribution in [2.75, 3.05) is 18.8 Å². The molecule has 192 valence electrons. The van der Waals surface area contributed by atoms with Crippen molar-refractivity contribution in [2.45, 2.75) is 29.8 Å². The van der Waals surface area contributed by atoms with Gasteiger partial charge in [0.15, 0.2) is 4.34 Å². The highest BCUT2D eigenvalue weighted by Gasteiger charge is 2.21. The molecule has 36 heavy (non-hydrogen) atoms. The van der Waals surface area contributed by atoms with Gasteiger partial charge in [0, 0.05) is 36.6 Å². The van der Waals surface area contributed by atoms with Gasteiger partial charge in [-0.2, -0.15) is 0 Å². The second-order valence-electron chi connectivity index (χ2n) is 8.09. The summed E-state index contributed by atoms with van der Waals surface area (Å²) in [6.45, 7) is 2.68. The van der Waals surface area contributed by atoms with Crippen LogP contribution in [0.2, 0.25) is 10.0 Å². The van der Waals surface area contributed by atoms with Crippen molar-refractivity contribution < 1.29 is 10.0 Å². The summed E-state index contributed by atoms with van der Waals surface area (Å²) in [5.41, 5.74) is 5.58. The van der Waals surface area contributed by atoms with Gasteiger partial charge in [0.05, 0.1) is 27.2 Å². The van der Waals surface area contributed by atoms with E-state index in [1.165, 1.54) is 29.4 Å². The minimum atomic E-state index is 0. The van der Waals surface area contributed by atoms with Gasteiger partial charge in [0.2, 0.25) is 5.91 Å². The molecule has 1 aliphatic heterocycles. The third kappa shape index (κ3) is 8.34. The van der Waals surface area contributed by atoms with E-state index in [1.54, 1.807) is 0 Å². The lowest BCUT2D eigenvalue weighted by molar-refractivity contribution is -0.119. The molecule has 12 heteroatoms. The fourth-order valence-electron chi connectivity index (χ4n) is 3.81. The minimum Gasteiger partial charge on any atom is -0.353 e. The molecular weight excluding hydrogens is 561 g/mol. The number of likely N-dealkylation sites (tertiary alicyclic amines) is 1. The van der Waals surface area contributed by atoms with E-state index in [-0.39, 0.29) is 24.4 Å². The Kier molecular flexibility index (Phi) is 11.3. The Hall–Kier alpha value is -1.85. The molecule has 0 bridgehead atoms. The lowest BCUT2D eigenvalue weighted by atomic mass is 10.0. The molecule has 4 rings (SSSR count). The van der Waals surface area contributed by atoms with Crippen molar-refractivity contribution in [3.63, 3.8) is 0 Å². The predicted molar refractivity (Wildman–Crippen MR) is 151 cm³/mol. The number of aromatic nitrogens is 1. The van der Waals surface area contributed by atoms with E-state index in [0.717, 1.165) is 59.3 Å². The van der Waals surface area contributed by atoms with Crippen molar-refractivity contribution in [1.82, 2.24) is 20.7 Å². The van der Waals surface area contributed by atoms with Gasteiger partial charge in [-0.3, -0.25) is 20.4 Å². The van der Waals surface area contributed by atoms with Crippen LogP contribution in [0, 0.1) is 0 Å². The number of hydrogen-bond acceptors (Lipinski definition) is 7. The number of amides is 1. The molecule has 0 spiro atoms. The van der Waals surface area contributed by atoms with Crippen LogP contribution < -0.4 is 10.8 Å². The predicted octanol–water partition coefficient (Wildman–Crippen LogP) is 6.05. The average molecular weight is 587 g/mol. The van der Waals surface area contributed by atoms with Gasteiger partial charge >= 0.3 is 0 Å². The first kappa shape index (κ1) is 28.7. The van der Waals surface area contributed by atoms with E-state index in [2.05, 4.69) is 20.2 Å². The Labute approximate surface area is 234 Å². The summed E-state index contributed by atoms with van der Waals surface area (Å²) in [7, 11) is 0. The molecule has 0 saturated carbocycles. The third-order valence-electron chi connectivity index (χ3n) is 5.59. The maximum atomic E-state index is 12.5. The number of hydrogen-bond donors (Lipinski definition) is 3. The highest BCUT2D eigenvalue weighted by molar-refractivity contribution is 8.01. The third-order valence-corrected chi connectivity index (χ3v) is 8.35. The number of rotatable bonds is 9. The van der Waals surface area contributed by atoms with E-state index in [1.807, 2.05) is 53.3 Å². The van der Waals surface area contributed by atoms with Gasteiger partial charge in [-0.15, -0.1) is 23.7 Å². The van der Waals surface area contributed by atoms with Gasteiger partial charge in [-0.25, -0.2) is 9.98 Å². The number of halogens is 3. The summed E-state index contributed by atoms with van der Waals surface area (Å²) < 4.78 is 0.859. The number of carbonyl (C=O) groups is 1. The zero-order chi connectivity index (χ0) is 24.6. The summed E-state index contributed by atoms with van der Waals surface area (Å²) in [5, 5.41) is 14.9. The number of benzene rings is 2. The Morgan fingerprint density at radius 1 is 1.19 bits per heavy atom. The molecule has 1 saturated heterocycles. The summed E-state index contributed by atoms with van der Waals surface area (Å²) in [5.74, 6) is 0.382. The van der Waals surface area contributed by atoms with Crippen molar-refractivity contribution >= 4 is 76.6 Å². The number of nitrogens with zero attached hydrogens (tertiary/aromatic N) is 3. The number of thioether (sulfide) groups is 1. The molecule has 1 amide bonds. The molecule has 0 aliphatic carbocycles. The number of hydroxylamine groups is 1. The zero-order valence-corrected chi connectivity index (χ0v) is 23.2. The van der Waals surface area contributed by atoms with Gasteiger partial charge in [-0.1, -0.05) is 53.2 Å². The van der Waals surface area contributed by atoms with Crippen molar-refractivity contribution in [1.29, 1.82) is 0 Å². The maximum Gasteiger partial charge on any atom is 0.230 e. The van der Waals surface area contributed by atoms with E-state index in [4.69, 9.17) is 28.4 Å². The van der Waals surface area contributed by atoms with E-state index < -0.39 is 0 Å². The van der Waals surface area contributed by atoms with Crippen molar-refractivity contribution in [3.05, 3.63) is 63.5 Å². The van der Waals surface area contributed by atoms with Crippen LogP contribution in [0.15, 0.2) is 57.2 Å². The number of aliphatic imine (C=N–C) groups is 1. The molecular formula is C24H26Cl3N5O2S2. The zero-order valence-electron chi connectivity index (χ0n) is 19.2. The molecule has 1 fully saturated rings. The van der Waals surface area contributed by atoms with Gasteiger partial charge in [0.25, 0.3) is 0 Å². The first-order valence-electron chi connectivity index (χ1n) is 11.1. The van der Waals surface area contributed by atoms with Gasteiger partial charge in [0.1, 0.15) is 6.34 Å². The van der Waals surface area contributed by atoms with E-state index >= 15 is 0 Å². The number of thiazole rings is 1. The highest BCUT2D eigenvalue weighted by atomic mass is 35.5. The quantitative estimate of drug-likeness (QED) is 0.122. The largest absolute Gasteiger partial charge is 0.353 e. The monoisotopic (exact) mass is 585 g/mol. The second-order valence-corrected chi connectivity index (χ2v) is 11.0. The summed E-state index contributed by atoms with van der Waals surface area (Å²) in [6.07, 6.45) is 3.06. The van der Waals surface area contributed by atoms with Crippen molar-refractivity contribution in [2.24, 2.45) is 4.99 Å². The Bertz CT molecular complexity index is 1170. The number of piperidine rings is 1. The molecule has 1 aliphatic rings. The van der Waals surface area contributed by atoms with Crippen LogP contribution in [-0.2, 0) is 11.3 Å². The lowest BCUT2D eigenvalue weighted by Gasteiger charge is -2.32. The van der Waals surface area contributed by atoms with Crippen LogP contribution in [-0.4, -0.2) is 52.2 Å². The standard InChI is InChI=1S/C24H25Cl2N5O2S2.ClH/c25-20-6-1-16(11-21(20)26)12-31-9-7-19(8-10-31)29-23(32)14-35-24-30-22(13-34-24)17-2-4-18(5-3-17)27-15-28-33;/h1-6,11,13,15,19,33H,7-10,12,14H2,(H,27,28)(H,29,32);1H. The molecule has 3 N–H and O–H groups in total. The van der Waals surface area contributed by atoms with Gasteiger partial charge < -0.3 is 5.32 Å².